The Kier molecular flexibility index (Phi) is 3.93. The summed E-state index contributed by atoms with van der Waals surface area (Å²) in [5.74, 6) is -0.0263. The molecule has 7 nitrogen and oxygen atoms in total. The smallest absolute Gasteiger partial charge is 0.332 e. The average Bonchev–Trinajstić information content (AvgIpc) is 2.50. The SMILES string of the molecule is CN(C=O)c1c(N)n(Cc2ccccc2)c(=O)n(C)c1=O. The van der Waals surface area contributed by atoms with Crippen molar-refractivity contribution in [3.05, 3.63) is 56.7 Å². The standard InChI is InChI=1S/C14H16N4O3/c1-16(9-19)11-12(15)18(14(21)17(2)13(11)20)8-10-6-4-3-5-7-10/h3-7,9H,8,15H2,1-2H3. The lowest BCUT2D eigenvalue weighted by atomic mass is 10.2. The molecule has 0 bridgehead atoms. The summed E-state index contributed by atoms with van der Waals surface area (Å²) >= 11 is 0. The Morgan fingerprint density at radius 3 is 2.43 bits per heavy atom. The van der Waals surface area contributed by atoms with Crippen molar-refractivity contribution in [3.63, 3.8) is 0 Å². The molecule has 1 heterocycles. The third-order valence-electron chi connectivity index (χ3n) is 3.25. The Balaban J connectivity index is 2.66. The van der Waals surface area contributed by atoms with E-state index in [1.807, 2.05) is 30.3 Å². The van der Waals surface area contributed by atoms with Gasteiger partial charge in [0.05, 0.1) is 6.54 Å². The molecule has 1 aromatic heterocycles. The summed E-state index contributed by atoms with van der Waals surface area (Å²) in [7, 11) is 2.77. The van der Waals surface area contributed by atoms with Crippen LogP contribution in [0.1, 0.15) is 5.56 Å². The van der Waals surface area contributed by atoms with Gasteiger partial charge in [-0.15, -0.1) is 0 Å². The van der Waals surface area contributed by atoms with Crippen LogP contribution in [0.4, 0.5) is 11.5 Å². The van der Waals surface area contributed by atoms with Crippen molar-refractivity contribution in [2.75, 3.05) is 17.7 Å². The maximum atomic E-state index is 12.2. The first-order chi connectivity index (χ1) is 9.97. The topological polar surface area (TPSA) is 90.3 Å². The van der Waals surface area contributed by atoms with E-state index in [0.29, 0.717) is 6.41 Å². The fraction of sp³-hybridized carbons (Fsp3) is 0.214. The summed E-state index contributed by atoms with van der Waals surface area (Å²) in [5, 5.41) is 0. The number of carbonyl (C=O) groups excluding carboxylic acids is 1. The number of anilines is 2. The van der Waals surface area contributed by atoms with Crippen LogP contribution < -0.4 is 21.9 Å². The van der Waals surface area contributed by atoms with Gasteiger partial charge < -0.3 is 10.6 Å². The molecule has 0 saturated heterocycles. The lowest BCUT2D eigenvalue weighted by Crippen LogP contribution is -2.42. The summed E-state index contributed by atoms with van der Waals surface area (Å²) in [6, 6.07) is 9.25. The highest BCUT2D eigenvalue weighted by molar-refractivity contribution is 5.79. The fourth-order valence-corrected chi connectivity index (χ4v) is 2.07. The summed E-state index contributed by atoms with van der Waals surface area (Å²) in [6.07, 6.45) is 0.477. The van der Waals surface area contributed by atoms with Crippen molar-refractivity contribution in [1.82, 2.24) is 9.13 Å². The molecule has 0 spiro atoms. The first-order valence-corrected chi connectivity index (χ1v) is 6.28. The van der Waals surface area contributed by atoms with Gasteiger partial charge >= 0.3 is 5.69 Å². The van der Waals surface area contributed by atoms with Crippen molar-refractivity contribution >= 4 is 17.9 Å². The molecule has 0 atom stereocenters. The van der Waals surface area contributed by atoms with Gasteiger partial charge in [0.2, 0.25) is 6.41 Å². The molecule has 2 rings (SSSR count). The molecule has 2 aromatic rings. The zero-order chi connectivity index (χ0) is 15.6. The van der Waals surface area contributed by atoms with Crippen LogP contribution in [-0.4, -0.2) is 22.6 Å². The van der Waals surface area contributed by atoms with E-state index < -0.39 is 11.2 Å². The molecule has 0 aliphatic rings. The van der Waals surface area contributed by atoms with E-state index in [0.717, 1.165) is 15.0 Å². The Bertz CT molecular complexity index is 777. The van der Waals surface area contributed by atoms with Crippen molar-refractivity contribution in [1.29, 1.82) is 0 Å². The first-order valence-electron chi connectivity index (χ1n) is 6.28. The zero-order valence-electron chi connectivity index (χ0n) is 11.8. The average molecular weight is 288 g/mol. The number of nitrogen functional groups attached to an aromatic ring is 1. The maximum absolute atomic E-state index is 12.2. The molecule has 0 unspecified atom stereocenters. The Labute approximate surface area is 120 Å². The van der Waals surface area contributed by atoms with Crippen LogP contribution in [0.2, 0.25) is 0 Å². The second kappa shape index (κ2) is 5.66. The number of hydrogen-bond acceptors (Lipinski definition) is 4. The van der Waals surface area contributed by atoms with E-state index in [9.17, 15) is 14.4 Å². The van der Waals surface area contributed by atoms with Gasteiger partial charge in [-0.2, -0.15) is 0 Å². The molecular formula is C14H16N4O3. The number of amides is 1. The minimum absolute atomic E-state index is 0.0111. The molecule has 0 aliphatic carbocycles. The first kappa shape index (κ1) is 14.6. The molecule has 0 fully saturated rings. The van der Waals surface area contributed by atoms with Gasteiger partial charge in [0.25, 0.3) is 5.56 Å². The molecule has 0 aliphatic heterocycles. The maximum Gasteiger partial charge on any atom is 0.332 e. The fourth-order valence-electron chi connectivity index (χ4n) is 2.07. The van der Waals surface area contributed by atoms with E-state index in [4.69, 9.17) is 5.73 Å². The van der Waals surface area contributed by atoms with E-state index >= 15 is 0 Å². The minimum Gasteiger partial charge on any atom is -0.383 e. The van der Waals surface area contributed by atoms with Gasteiger partial charge in [0.15, 0.2) is 5.69 Å². The second-order valence-electron chi connectivity index (χ2n) is 4.67. The number of carbonyl (C=O) groups is 1. The van der Waals surface area contributed by atoms with E-state index in [1.165, 1.54) is 18.7 Å². The Morgan fingerprint density at radius 2 is 1.86 bits per heavy atom. The molecular weight excluding hydrogens is 272 g/mol. The van der Waals surface area contributed by atoms with Gasteiger partial charge in [-0.25, -0.2) is 4.79 Å². The molecule has 21 heavy (non-hydrogen) atoms. The highest BCUT2D eigenvalue weighted by Gasteiger charge is 2.18. The van der Waals surface area contributed by atoms with E-state index in [2.05, 4.69) is 0 Å². The monoisotopic (exact) mass is 288 g/mol. The Morgan fingerprint density at radius 1 is 1.24 bits per heavy atom. The summed E-state index contributed by atoms with van der Waals surface area (Å²) in [5.41, 5.74) is 5.66. The molecule has 2 N–H and O–H groups in total. The van der Waals surface area contributed by atoms with Crippen LogP contribution in [0.5, 0.6) is 0 Å². The van der Waals surface area contributed by atoms with Crippen molar-refractivity contribution in [2.45, 2.75) is 6.54 Å². The Hall–Kier alpha value is -2.83. The number of rotatable bonds is 4. The molecule has 7 heteroatoms. The second-order valence-corrected chi connectivity index (χ2v) is 4.67. The van der Waals surface area contributed by atoms with Crippen LogP contribution >= 0.6 is 0 Å². The summed E-state index contributed by atoms with van der Waals surface area (Å²) in [4.78, 5) is 36.3. The van der Waals surface area contributed by atoms with Crippen LogP contribution in [0.15, 0.2) is 39.9 Å². The van der Waals surface area contributed by atoms with Crippen molar-refractivity contribution < 1.29 is 4.79 Å². The molecule has 110 valence electrons. The third-order valence-corrected chi connectivity index (χ3v) is 3.25. The minimum atomic E-state index is -0.601. The normalized spacial score (nSPS) is 10.4. The zero-order valence-corrected chi connectivity index (χ0v) is 11.8. The van der Waals surface area contributed by atoms with Gasteiger partial charge in [-0.1, -0.05) is 30.3 Å². The van der Waals surface area contributed by atoms with Crippen LogP contribution in [0, 0.1) is 0 Å². The highest BCUT2D eigenvalue weighted by Crippen LogP contribution is 2.15. The van der Waals surface area contributed by atoms with Crippen LogP contribution in [0.3, 0.4) is 0 Å². The number of hydrogen-bond donors (Lipinski definition) is 1. The summed E-state index contributed by atoms with van der Waals surface area (Å²) < 4.78 is 2.21. The molecule has 0 saturated carbocycles. The number of nitrogens with zero attached hydrogens (tertiary/aromatic N) is 3. The van der Waals surface area contributed by atoms with Gasteiger partial charge in [-0.05, 0) is 5.56 Å². The lowest BCUT2D eigenvalue weighted by Gasteiger charge is -2.18. The van der Waals surface area contributed by atoms with Gasteiger partial charge in [0, 0.05) is 14.1 Å². The van der Waals surface area contributed by atoms with Crippen molar-refractivity contribution in [2.24, 2.45) is 7.05 Å². The number of benzene rings is 1. The number of aromatic nitrogens is 2. The van der Waals surface area contributed by atoms with Gasteiger partial charge in [-0.3, -0.25) is 18.7 Å². The predicted molar refractivity (Wildman–Crippen MR) is 80.4 cm³/mol. The van der Waals surface area contributed by atoms with E-state index in [1.54, 1.807) is 0 Å². The van der Waals surface area contributed by atoms with E-state index in [-0.39, 0.29) is 18.1 Å². The third kappa shape index (κ3) is 2.58. The highest BCUT2D eigenvalue weighted by atomic mass is 16.2. The van der Waals surface area contributed by atoms with Crippen LogP contribution in [0.25, 0.3) is 0 Å². The molecule has 1 amide bonds. The van der Waals surface area contributed by atoms with Crippen molar-refractivity contribution in [3.8, 4) is 0 Å². The quantitative estimate of drug-likeness (QED) is 0.787. The molecule has 0 radical (unpaired) electrons. The van der Waals surface area contributed by atoms with Crippen LogP contribution in [-0.2, 0) is 18.4 Å². The van der Waals surface area contributed by atoms with Gasteiger partial charge in [0.1, 0.15) is 5.82 Å². The lowest BCUT2D eigenvalue weighted by molar-refractivity contribution is -0.107. The number of nitrogens with two attached hydrogens (primary N) is 1. The molecule has 1 aromatic carbocycles. The predicted octanol–water partition coefficient (Wildman–Crippen LogP) is -0.230. The summed E-state index contributed by atoms with van der Waals surface area (Å²) in [6.45, 7) is 0.222. The largest absolute Gasteiger partial charge is 0.383 e.